The first-order valence-corrected chi connectivity index (χ1v) is 14.5. The Kier molecular flexibility index (Phi) is 7.62. The molecule has 216 valence electrons. The van der Waals surface area contributed by atoms with Crippen molar-refractivity contribution >= 4 is 22.8 Å². The van der Waals surface area contributed by atoms with Crippen molar-refractivity contribution in [3.8, 4) is 5.75 Å². The van der Waals surface area contributed by atoms with E-state index in [1.54, 1.807) is 7.11 Å². The maximum Gasteiger partial charge on any atom is 0.353 e. The number of carbonyl (C=O) groups excluding carboxylic acids is 2. The Bertz CT molecular complexity index is 1430. The number of carbonyl (C=O) groups is 2. The first-order chi connectivity index (χ1) is 20.0. The van der Waals surface area contributed by atoms with E-state index in [-0.39, 0.29) is 24.3 Å². The predicted molar refractivity (Wildman–Crippen MR) is 154 cm³/mol. The van der Waals surface area contributed by atoms with Gasteiger partial charge in [0.15, 0.2) is 0 Å². The van der Waals surface area contributed by atoms with Crippen molar-refractivity contribution in [3.63, 3.8) is 0 Å². The molecule has 1 aromatic heterocycles. The van der Waals surface area contributed by atoms with Gasteiger partial charge in [-0.2, -0.15) is 0 Å². The quantitative estimate of drug-likeness (QED) is 0.303. The molecule has 1 aliphatic carbocycles. The van der Waals surface area contributed by atoms with Crippen LogP contribution in [-0.4, -0.2) is 60.8 Å². The Morgan fingerprint density at radius 3 is 2.71 bits per heavy atom. The number of aromatic amines is 1. The normalized spacial score (nSPS) is 27.3. The lowest BCUT2D eigenvalue weighted by Gasteiger charge is -2.55. The van der Waals surface area contributed by atoms with Crippen LogP contribution in [0.2, 0.25) is 0 Å². The number of fused-ring (bicyclic) bond motifs is 6. The number of hydrogen-bond donors (Lipinski definition) is 1. The van der Waals surface area contributed by atoms with Crippen molar-refractivity contribution in [2.45, 2.75) is 56.5 Å². The van der Waals surface area contributed by atoms with E-state index in [4.69, 9.17) is 18.9 Å². The summed E-state index contributed by atoms with van der Waals surface area (Å²) in [7, 11) is 3.07. The van der Waals surface area contributed by atoms with E-state index in [0.717, 1.165) is 53.8 Å². The number of H-pyrrole nitrogens is 1. The van der Waals surface area contributed by atoms with Gasteiger partial charge in [-0.15, -0.1) is 6.58 Å². The SMILES string of the molecule is C=CCC(=O)O[C@]1(C(=O)OC)[C@H](OCc2ccccc2)CC[C@@H]2CN3CCc4c([nH]c5cccc(OC)c45)[C@H]3C[C@@H]21. The minimum atomic E-state index is -1.56. The van der Waals surface area contributed by atoms with Gasteiger partial charge in [0.25, 0.3) is 0 Å². The first kappa shape index (κ1) is 27.5. The number of nitrogens with one attached hydrogen (secondary N) is 1. The second-order valence-corrected chi connectivity index (χ2v) is 11.4. The van der Waals surface area contributed by atoms with E-state index in [0.29, 0.717) is 19.4 Å². The van der Waals surface area contributed by atoms with E-state index in [9.17, 15) is 9.59 Å². The zero-order valence-electron chi connectivity index (χ0n) is 23.8. The number of benzene rings is 2. The number of aromatic nitrogens is 1. The highest BCUT2D eigenvalue weighted by molar-refractivity contribution is 5.91. The van der Waals surface area contributed by atoms with Crippen LogP contribution < -0.4 is 4.74 Å². The number of esters is 2. The van der Waals surface area contributed by atoms with Crippen LogP contribution in [0.25, 0.3) is 10.9 Å². The molecule has 8 nitrogen and oxygen atoms in total. The molecule has 0 radical (unpaired) electrons. The van der Waals surface area contributed by atoms with Crippen LogP contribution in [0, 0.1) is 11.8 Å². The summed E-state index contributed by atoms with van der Waals surface area (Å²) in [5, 5.41) is 1.12. The second kappa shape index (κ2) is 11.3. The topological polar surface area (TPSA) is 90.1 Å². The Hall–Kier alpha value is -3.62. The maximum absolute atomic E-state index is 13.9. The molecule has 0 amide bonds. The zero-order chi connectivity index (χ0) is 28.6. The van der Waals surface area contributed by atoms with Gasteiger partial charge in [-0.3, -0.25) is 9.69 Å². The lowest BCUT2D eigenvalue weighted by Crippen LogP contribution is -2.66. The fourth-order valence-electron chi connectivity index (χ4n) is 7.54. The third kappa shape index (κ3) is 4.73. The minimum absolute atomic E-state index is 0.00303. The monoisotopic (exact) mass is 558 g/mol. The summed E-state index contributed by atoms with van der Waals surface area (Å²) >= 11 is 0. The number of hydrogen-bond acceptors (Lipinski definition) is 7. The first-order valence-electron chi connectivity index (χ1n) is 14.5. The molecule has 1 saturated heterocycles. The van der Waals surface area contributed by atoms with Gasteiger partial charge in [0, 0.05) is 35.6 Å². The Labute approximate surface area is 240 Å². The predicted octanol–water partition coefficient (Wildman–Crippen LogP) is 5.12. The van der Waals surface area contributed by atoms with Gasteiger partial charge in [0.2, 0.25) is 5.60 Å². The molecule has 1 N–H and O–H groups in total. The van der Waals surface area contributed by atoms with Crippen molar-refractivity contribution in [3.05, 3.63) is 78.0 Å². The largest absolute Gasteiger partial charge is 0.496 e. The van der Waals surface area contributed by atoms with Crippen LogP contribution in [0.1, 0.15) is 48.5 Å². The molecule has 2 aliphatic heterocycles. The Morgan fingerprint density at radius 2 is 1.95 bits per heavy atom. The summed E-state index contributed by atoms with van der Waals surface area (Å²) in [5.74, 6) is -0.318. The van der Waals surface area contributed by atoms with E-state index in [1.807, 2.05) is 42.5 Å². The van der Waals surface area contributed by atoms with Gasteiger partial charge in [-0.1, -0.05) is 42.5 Å². The van der Waals surface area contributed by atoms with Gasteiger partial charge < -0.3 is 23.9 Å². The summed E-state index contributed by atoms with van der Waals surface area (Å²) in [6.07, 6.45) is 3.89. The lowest BCUT2D eigenvalue weighted by molar-refractivity contribution is -0.233. The molecule has 3 aromatic rings. The molecular weight excluding hydrogens is 520 g/mol. The number of rotatable bonds is 8. The fraction of sp³-hybridized carbons (Fsp3) is 0.455. The van der Waals surface area contributed by atoms with Crippen molar-refractivity contribution in [2.75, 3.05) is 27.3 Å². The molecule has 41 heavy (non-hydrogen) atoms. The fourth-order valence-corrected chi connectivity index (χ4v) is 7.54. The number of methoxy groups -OCH3 is 2. The average Bonchev–Trinajstić information content (AvgIpc) is 3.39. The molecule has 6 rings (SSSR count). The van der Waals surface area contributed by atoms with Crippen LogP contribution in [0.4, 0.5) is 0 Å². The molecule has 3 aliphatic rings. The third-order valence-corrected chi connectivity index (χ3v) is 9.30. The summed E-state index contributed by atoms with van der Waals surface area (Å²) in [6.45, 7) is 5.74. The van der Waals surface area contributed by atoms with E-state index in [1.165, 1.54) is 18.7 Å². The van der Waals surface area contributed by atoms with Crippen molar-refractivity contribution in [1.29, 1.82) is 0 Å². The second-order valence-electron chi connectivity index (χ2n) is 11.4. The molecule has 0 spiro atoms. The van der Waals surface area contributed by atoms with E-state index >= 15 is 0 Å². The van der Waals surface area contributed by atoms with E-state index < -0.39 is 23.6 Å². The van der Waals surface area contributed by atoms with Crippen molar-refractivity contribution in [1.82, 2.24) is 9.88 Å². The van der Waals surface area contributed by atoms with Gasteiger partial charge in [0.1, 0.15) is 11.9 Å². The molecule has 2 fully saturated rings. The molecule has 5 atom stereocenters. The van der Waals surface area contributed by atoms with Gasteiger partial charge in [-0.05, 0) is 54.9 Å². The van der Waals surface area contributed by atoms with E-state index in [2.05, 4.69) is 22.5 Å². The summed E-state index contributed by atoms with van der Waals surface area (Å²) in [5.41, 5.74) is 2.89. The van der Waals surface area contributed by atoms with Crippen LogP contribution in [-0.2, 0) is 36.8 Å². The highest BCUT2D eigenvalue weighted by Gasteiger charge is 2.63. The summed E-state index contributed by atoms with van der Waals surface area (Å²) in [4.78, 5) is 33.2. The standard InChI is InChI=1S/C33H38N2O6/c1-4-9-29(36)41-33(32(37)39-3)24-18-26-31-23(30-25(34-31)12-8-13-27(30)38-2)16-17-35(26)19-22(24)14-15-28(33)40-20-21-10-6-5-7-11-21/h4-8,10-13,22,24,26,28,34H,1,9,14-20H2,2-3H3/t22-,24+,26-,28-,33+/m1/s1. The highest BCUT2D eigenvalue weighted by atomic mass is 16.6. The molecule has 0 bridgehead atoms. The highest BCUT2D eigenvalue weighted by Crippen LogP contribution is 2.53. The molecule has 1 saturated carbocycles. The van der Waals surface area contributed by atoms with Crippen molar-refractivity contribution in [2.24, 2.45) is 11.8 Å². The van der Waals surface area contributed by atoms with Gasteiger partial charge in [-0.25, -0.2) is 4.79 Å². The maximum atomic E-state index is 13.9. The van der Waals surface area contributed by atoms with Crippen LogP contribution in [0.15, 0.2) is 61.2 Å². The molecule has 0 unspecified atom stereocenters. The van der Waals surface area contributed by atoms with Gasteiger partial charge >= 0.3 is 11.9 Å². The average molecular weight is 559 g/mol. The van der Waals surface area contributed by atoms with Crippen LogP contribution in [0.3, 0.4) is 0 Å². The molecule has 2 aromatic carbocycles. The summed E-state index contributed by atoms with van der Waals surface area (Å²) in [6, 6.07) is 15.9. The number of piperidine rings is 1. The Morgan fingerprint density at radius 1 is 1.12 bits per heavy atom. The number of nitrogens with zero attached hydrogens (tertiary/aromatic N) is 1. The number of ether oxygens (including phenoxy) is 4. The van der Waals surface area contributed by atoms with Gasteiger partial charge in [0.05, 0.1) is 33.3 Å². The smallest absolute Gasteiger partial charge is 0.353 e. The molecule has 3 heterocycles. The molecule has 8 heteroatoms. The summed E-state index contributed by atoms with van der Waals surface area (Å²) < 4.78 is 23.9. The minimum Gasteiger partial charge on any atom is -0.496 e. The third-order valence-electron chi connectivity index (χ3n) is 9.30. The van der Waals surface area contributed by atoms with Crippen LogP contribution >= 0.6 is 0 Å². The Balaban J connectivity index is 1.40. The van der Waals surface area contributed by atoms with Crippen molar-refractivity contribution < 1.29 is 28.5 Å². The molecular formula is C33H38N2O6. The zero-order valence-corrected chi connectivity index (χ0v) is 23.8. The lowest BCUT2D eigenvalue weighted by atomic mass is 9.62. The van der Waals surface area contributed by atoms with Crippen LogP contribution in [0.5, 0.6) is 5.75 Å².